The van der Waals surface area contributed by atoms with Crippen LogP contribution in [0.1, 0.15) is 19.8 Å². The minimum absolute atomic E-state index is 0.131. The van der Waals surface area contributed by atoms with Gasteiger partial charge < -0.3 is 25.4 Å². The van der Waals surface area contributed by atoms with Gasteiger partial charge in [0.2, 0.25) is 5.91 Å². The molecule has 0 radical (unpaired) electrons. The highest BCUT2D eigenvalue weighted by Gasteiger charge is 2.24. The van der Waals surface area contributed by atoms with Crippen LogP contribution in [0.5, 0.6) is 11.5 Å². The Hall–Kier alpha value is -4.05. The molecule has 190 valence electrons. The van der Waals surface area contributed by atoms with E-state index in [-0.39, 0.29) is 11.5 Å². The summed E-state index contributed by atoms with van der Waals surface area (Å²) in [6.45, 7) is 3.82. The number of nitrogens with one attached hydrogen (secondary N) is 1. The van der Waals surface area contributed by atoms with Crippen molar-refractivity contribution >= 4 is 23.1 Å². The Morgan fingerprint density at radius 3 is 2.33 bits per heavy atom. The molecule has 1 aliphatic rings. The van der Waals surface area contributed by atoms with E-state index in [4.69, 9.17) is 15.2 Å². The van der Waals surface area contributed by atoms with E-state index in [1.165, 1.54) is 4.57 Å². The summed E-state index contributed by atoms with van der Waals surface area (Å²) in [6, 6.07) is 16.2. The molecule has 0 atom stereocenters. The predicted octanol–water partition coefficient (Wildman–Crippen LogP) is 2.66. The number of unbranched alkanes of at least 4 members (excludes halogenated alkanes) is 1. The molecule has 0 saturated carbocycles. The van der Waals surface area contributed by atoms with Crippen LogP contribution < -0.4 is 31.9 Å². The fourth-order valence-corrected chi connectivity index (χ4v) is 4.03. The van der Waals surface area contributed by atoms with Crippen LogP contribution in [-0.4, -0.2) is 41.3 Å². The van der Waals surface area contributed by atoms with E-state index in [1.54, 1.807) is 24.3 Å². The molecule has 1 saturated heterocycles. The molecule has 1 aliphatic heterocycles. The zero-order valence-corrected chi connectivity index (χ0v) is 20.3. The number of anilines is 3. The SMILES string of the molecule is CCCCn1c(N)c(N2CCOCC2)c(=O)n(CC(=O)Nc2ccc(Oc3ccccc3)cc2)c1=O. The van der Waals surface area contributed by atoms with Gasteiger partial charge in [0.25, 0.3) is 5.56 Å². The number of amides is 1. The van der Waals surface area contributed by atoms with Crippen LogP contribution in [-0.2, 0) is 22.6 Å². The van der Waals surface area contributed by atoms with Gasteiger partial charge in [-0.3, -0.25) is 14.2 Å². The van der Waals surface area contributed by atoms with Crippen molar-refractivity contribution in [2.24, 2.45) is 0 Å². The van der Waals surface area contributed by atoms with Gasteiger partial charge in [0.15, 0.2) is 0 Å². The van der Waals surface area contributed by atoms with Gasteiger partial charge in [-0.15, -0.1) is 0 Å². The first-order valence-corrected chi connectivity index (χ1v) is 12.1. The first-order chi connectivity index (χ1) is 17.5. The van der Waals surface area contributed by atoms with Crippen LogP contribution >= 0.6 is 0 Å². The maximum absolute atomic E-state index is 13.3. The smallest absolute Gasteiger partial charge is 0.333 e. The normalized spacial score (nSPS) is 13.4. The minimum Gasteiger partial charge on any atom is -0.457 e. The second-order valence-electron chi connectivity index (χ2n) is 8.50. The van der Waals surface area contributed by atoms with E-state index in [0.717, 1.165) is 11.0 Å². The van der Waals surface area contributed by atoms with Gasteiger partial charge in [0.05, 0.1) is 13.2 Å². The number of hydrogen-bond donors (Lipinski definition) is 2. The van der Waals surface area contributed by atoms with E-state index in [1.807, 2.05) is 42.2 Å². The number of rotatable bonds is 9. The summed E-state index contributed by atoms with van der Waals surface area (Å²) in [6.07, 6.45) is 1.57. The monoisotopic (exact) mass is 493 g/mol. The summed E-state index contributed by atoms with van der Waals surface area (Å²) in [5.74, 6) is 0.951. The quantitative estimate of drug-likeness (QED) is 0.470. The molecule has 3 N–H and O–H groups in total. The van der Waals surface area contributed by atoms with Crippen molar-refractivity contribution in [3.05, 3.63) is 75.4 Å². The summed E-state index contributed by atoms with van der Waals surface area (Å²) >= 11 is 0. The largest absolute Gasteiger partial charge is 0.457 e. The fraction of sp³-hybridized carbons (Fsp3) is 0.346. The number of nitrogens with zero attached hydrogens (tertiary/aromatic N) is 3. The Bertz CT molecular complexity index is 1300. The number of nitrogen functional groups attached to an aromatic ring is 1. The van der Waals surface area contributed by atoms with E-state index < -0.39 is 23.7 Å². The van der Waals surface area contributed by atoms with Crippen LogP contribution in [0.4, 0.5) is 17.2 Å². The molecule has 3 aromatic rings. The molecule has 10 heteroatoms. The topological polar surface area (TPSA) is 121 Å². The van der Waals surface area contributed by atoms with Gasteiger partial charge in [-0.25, -0.2) is 9.36 Å². The highest BCUT2D eigenvalue weighted by molar-refractivity contribution is 5.90. The molecule has 1 fully saturated rings. The summed E-state index contributed by atoms with van der Waals surface area (Å²) in [5, 5.41) is 2.74. The highest BCUT2D eigenvalue weighted by Crippen LogP contribution is 2.23. The Kier molecular flexibility index (Phi) is 8.06. The van der Waals surface area contributed by atoms with E-state index in [0.29, 0.717) is 56.5 Å². The summed E-state index contributed by atoms with van der Waals surface area (Å²) < 4.78 is 13.5. The molecule has 0 aliphatic carbocycles. The van der Waals surface area contributed by atoms with Gasteiger partial charge in [-0.1, -0.05) is 31.5 Å². The molecular formula is C26H31N5O5. The lowest BCUT2D eigenvalue weighted by atomic mass is 10.3. The number of aromatic nitrogens is 2. The van der Waals surface area contributed by atoms with Crippen molar-refractivity contribution in [2.75, 3.05) is 42.3 Å². The minimum atomic E-state index is -0.593. The summed E-state index contributed by atoms with van der Waals surface area (Å²) in [5.41, 5.74) is 5.89. The molecule has 36 heavy (non-hydrogen) atoms. The third-order valence-corrected chi connectivity index (χ3v) is 5.92. The van der Waals surface area contributed by atoms with E-state index >= 15 is 0 Å². The molecule has 10 nitrogen and oxygen atoms in total. The van der Waals surface area contributed by atoms with E-state index in [9.17, 15) is 14.4 Å². The van der Waals surface area contributed by atoms with Crippen LogP contribution in [0.25, 0.3) is 0 Å². The summed E-state index contributed by atoms with van der Waals surface area (Å²) in [7, 11) is 0. The Labute approximate surface area is 208 Å². The average Bonchev–Trinajstić information content (AvgIpc) is 2.89. The lowest BCUT2D eigenvalue weighted by Crippen LogP contribution is -2.48. The van der Waals surface area contributed by atoms with Crippen molar-refractivity contribution in [1.29, 1.82) is 0 Å². The molecule has 0 unspecified atom stereocenters. The molecule has 0 bridgehead atoms. The Morgan fingerprint density at radius 1 is 1.00 bits per heavy atom. The Balaban J connectivity index is 1.54. The van der Waals surface area contributed by atoms with Crippen LogP contribution in [0.2, 0.25) is 0 Å². The number of carbonyl (C=O) groups is 1. The fourth-order valence-electron chi connectivity index (χ4n) is 4.03. The van der Waals surface area contributed by atoms with E-state index in [2.05, 4.69) is 5.32 Å². The zero-order chi connectivity index (χ0) is 25.5. The molecule has 1 aromatic heterocycles. The van der Waals surface area contributed by atoms with Crippen molar-refractivity contribution in [3.8, 4) is 11.5 Å². The number of hydrogen-bond acceptors (Lipinski definition) is 7. The second kappa shape index (κ2) is 11.6. The molecule has 2 heterocycles. The number of carbonyl (C=O) groups excluding carboxylic acids is 1. The maximum Gasteiger partial charge on any atom is 0.333 e. The lowest BCUT2D eigenvalue weighted by molar-refractivity contribution is -0.116. The van der Waals surface area contributed by atoms with Gasteiger partial charge in [-0.2, -0.15) is 0 Å². The summed E-state index contributed by atoms with van der Waals surface area (Å²) in [4.78, 5) is 41.2. The molecular weight excluding hydrogens is 462 g/mol. The van der Waals surface area contributed by atoms with Crippen molar-refractivity contribution in [3.63, 3.8) is 0 Å². The van der Waals surface area contributed by atoms with Gasteiger partial charge in [0, 0.05) is 25.3 Å². The zero-order valence-electron chi connectivity index (χ0n) is 20.3. The first kappa shape index (κ1) is 25.1. The Morgan fingerprint density at radius 2 is 1.67 bits per heavy atom. The van der Waals surface area contributed by atoms with Crippen LogP contribution in [0.15, 0.2) is 64.2 Å². The molecule has 4 rings (SSSR count). The van der Waals surface area contributed by atoms with Crippen LogP contribution in [0, 0.1) is 0 Å². The standard InChI is InChI=1S/C26H31N5O5/c1-2-3-13-30-24(27)23(29-14-16-35-17-15-29)25(33)31(26(30)34)18-22(32)28-19-9-11-21(12-10-19)36-20-7-5-4-6-8-20/h4-12H,2-3,13-18,27H2,1H3,(H,28,32). The number of nitrogens with two attached hydrogens (primary N) is 1. The highest BCUT2D eigenvalue weighted by atomic mass is 16.5. The van der Waals surface area contributed by atoms with Crippen molar-refractivity contribution in [1.82, 2.24) is 9.13 Å². The first-order valence-electron chi connectivity index (χ1n) is 12.1. The predicted molar refractivity (Wildman–Crippen MR) is 139 cm³/mol. The van der Waals surface area contributed by atoms with Crippen molar-refractivity contribution < 1.29 is 14.3 Å². The number of ether oxygens (including phenoxy) is 2. The number of para-hydroxylation sites is 1. The molecule has 0 spiro atoms. The van der Waals surface area contributed by atoms with Gasteiger partial charge >= 0.3 is 5.69 Å². The molecule has 2 aromatic carbocycles. The molecule has 1 amide bonds. The third-order valence-electron chi connectivity index (χ3n) is 5.92. The van der Waals surface area contributed by atoms with Crippen molar-refractivity contribution in [2.45, 2.75) is 32.9 Å². The maximum atomic E-state index is 13.3. The lowest BCUT2D eigenvalue weighted by Gasteiger charge is -2.30. The van der Waals surface area contributed by atoms with Gasteiger partial charge in [0.1, 0.15) is 29.5 Å². The van der Waals surface area contributed by atoms with Crippen LogP contribution in [0.3, 0.4) is 0 Å². The average molecular weight is 494 g/mol. The second-order valence-corrected chi connectivity index (χ2v) is 8.50. The third kappa shape index (κ3) is 5.77. The number of morpholine rings is 1. The number of benzene rings is 2. The van der Waals surface area contributed by atoms with Gasteiger partial charge in [-0.05, 0) is 42.8 Å².